The Morgan fingerprint density at radius 1 is 1.07 bits per heavy atom. The molecule has 2 fully saturated rings. The molecule has 1 saturated heterocycles. The number of hydrogen-bond donors (Lipinski definition) is 2. The van der Waals surface area contributed by atoms with Crippen LogP contribution in [-0.2, 0) is 0 Å². The van der Waals surface area contributed by atoms with Gasteiger partial charge in [0.05, 0.1) is 10.7 Å². The Kier molecular flexibility index (Phi) is 5.81. The minimum absolute atomic E-state index is 0.0570. The average molecular weight is 401 g/mol. The molecule has 7 nitrogen and oxygen atoms in total. The van der Waals surface area contributed by atoms with Gasteiger partial charge in [-0.15, -0.1) is 0 Å². The number of urea groups is 1. The molecule has 0 atom stereocenters. The second-order valence-corrected chi connectivity index (χ2v) is 7.66. The summed E-state index contributed by atoms with van der Waals surface area (Å²) in [5, 5.41) is 7.04. The maximum Gasteiger partial charge on any atom is 0.317 e. The van der Waals surface area contributed by atoms with Crippen molar-refractivity contribution >= 4 is 35.1 Å². The van der Waals surface area contributed by atoms with E-state index >= 15 is 0 Å². The molecule has 4 rings (SSSR count). The van der Waals surface area contributed by atoms with Gasteiger partial charge in [0.2, 0.25) is 5.95 Å². The standard InChI is InChI=1S/C20H25ClN6O/c21-16-7-3-4-8-17(16)24-18-9-10-22-19(25-18)26-11-13-27(14-12-26)20(28)23-15-5-1-2-6-15/h3-4,7-10,15H,1-2,5-6,11-14H2,(H,23,28)(H,22,24,25). The monoisotopic (exact) mass is 400 g/mol. The number of nitrogens with zero attached hydrogens (tertiary/aromatic N) is 4. The lowest BCUT2D eigenvalue weighted by Gasteiger charge is -2.35. The SMILES string of the molecule is O=C(NC1CCCC1)N1CCN(c2nccc(Nc3ccccc3Cl)n2)CC1. The van der Waals surface area contributed by atoms with Gasteiger partial charge in [0.1, 0.15) is 5.82 Å². The Morgan fingerprint density at radius 3 is 2.57 bits per heavy atom. The first-order valence-corrected chi connectivity index (χ1v) is 10.2. The minimum Gasteiger partial charge on any atom is -0.339 e. The van der Waals surface area contributed by atoms with Crippen LogP contribution in [0, 0.1) is 0 Å². The van der Waals surface area contributed by atoms with E-state index in [1.165, 1.54) is 12.8 Å². The van der Waals surface area contributed by atoms with Crippen LogP contribution in [0.25, 0.3) is 0 Å². The molecule has 8 heteroatoms. The van der Waals surface area contributed by atoms with Crippen molar-refractivity contribution in [1.82, 2.24) is 20.2 Å². The summed E-state index contributed by atoms with van der Waals surface area (Å²) >= 11 is 6.21. The van der Waals surface area contributed by atoms with E-state index in [0.29, 0.717) is 49.0 Å². The van der Waals surface area contributed by atoms with Gasteiger partial charge in [0.25, 0.3) is 0 Å². The van der Waals surface area contributed by atoms with Crippen molar-refractivity contribution in [3.63, 3.8) is 0 Å². The van der Waals surface area contributed by atoms with Crippen LogP contribution in [0.4, 0.5) is 22.2 Å². The Morgan fingerprint density at radius 2 is 1.82 bits per heavy atom. The van der Waals surface area contributed by atoms with Gasteiger partial charge in [-0.2, -0.15) is 4.98 Å². The van der Waals surface area contributed by atoms with Crippen LogP contribution in [0.2, 0.25) is 5.02 Å². The number of nitrogens with one attached hydrogen (secondary N) is 2. The summed E-state index contributed by atoms with van der Waals surface area (Å²) in [5.41, 5.74) is 0.808. The third-order valence-corrected chi connectivity index (χ3v) is 5.64. The lowest BCUT2D eigenvalue weighted by atomic mass is 10.2. The molecule has 1 saturated carbocycles. The number of halogens is 1. The maximum atomic E-state index is 12.4. The predicted octanol–water partition coefficient (Wildman–Crippen LogP) is 3.65. The van der Waals surface area contributed by atoms with Crippen molar-refractivity contribution in [1.29, 1.82) is 0 Å². The van der Waals surface area contributed by atoms with Crippen LogP contribution in [0.3, 0.4) is 0 Å². The number of para-hydroxylation sites is 1. The van der Waals surface area contributed by atoms with E-state index in [-0.39, 0.29) is 6.03 Å². The lowest BCUT2D eigenvalue weighted by molar-refractivity contribution is 0.190. The van der Waals surface area contributed by atoms with Gasteiger partial charge in [-0.1, -0.05) is 36.6 Å². The summed E-state index contributed by atoms with van der Waals surface area (Å²) < 4.78 is 0. The van der Waals surface area contributed by atoms with Gasteiger partial charge in [-0.25, -0.2) is 9.78 Å². The summed E-state index contributed by atoms with van der Waals surface area (Å²) in [6.07, 6.45) is 6.37. The summed E-state index contributed by atoms with van der Waals surface area (Å²) in [7, 11) is 0. The first kappa shape index (κ1) is 18.8. The summed E-state index contributed by atoms with van der Waals surface area (Å²) in [6, 6.07) is 9.78. The van der Waals surface area contributed by atoms with Gasteiger partial charge in [0, 0.05) is 38.4 Å². The fourth-order valence-electron chi connectivity index (χ4n) is 3.72. The molecule has 0 bridgehead atoms. The molecule has 2 heterocycles. The van der Waals surface area contributed by atoms with Crippen LogP contribution in [0.15, 0.2) is 36.5 Å². The molecule has 0 radical (unpaired) electrons. The molecular formula is C20H25ClN6O. The number of piperazine rings is 1. The number of carbonyl (C=O) groups excluding carboxylic acids is 1. The van der Waals surface area contributed by atoms with E-state index in [9.17, 15) is 4.79 Å². The molecule has 2 N–H and O–H groups in total. The smallest absolute Gasteiger partial charge is 0.317 e. The topological polar surface area (TPSA) is 73.4 Å². The minimum atomic E-state index is 0.0570. The highest BCUT2D eigenvalue weighted by Gasteiger charge is 2.25. The number of amides is 2. The third-order valence-electron chi connectivity index (χ3n) is 5.31. The Bertz CT molecular complexity index is 818. The number of rotatable bonds is 4. The zero-order chi connectivity index (χ0) is 19.3. The number of aromatic nitrogens is 2. The van der Waals surface area contributed by atoms with E-state index < -0.39 is 0 Å². The van der Waals surface area contributed by atoms with Crippen molar-refractivity contribution in [3.8, 4) is 0 Å². The number of anilines is 3. The molecular weight excluding hydrogens is 376 g/mol. The highest BCUT2D eigenvalue weighted by Crippen LogP contribution is 2.24. The van der Waals surface area contributed by atoms with Gasteiger partial charge in [0.15, 0.2) is 0 Å². The first-order valence-electron chi connectivity index (χ1n) is 9.84. The van der Waals surface area contributed by atoms with Crippen LogP contribution in [0.1, 0.15) is 25.7 Å². The zero-order valence-electron chi connectivity index (χ0n) is 15.8. The summed E-state index contributed by atoms with van der Waals surface area (Å²) in [5.74, 6) is 1.35. The zero-order valence-corrected chi connectivity index (χ0v) is 16.5. The van der Waals surface area contributed by atoms with Crippen LogP contribution in [-0.4, -0.2) is 53.1 Å². The Labute approximate surface area is 170 Å². The second-order valence-electron chi connectivity index (χ2n) is 7.25. The first-order chi connectivity index (χ1) is 13.7. The van der Waals surface area contributed by atoms with Crippen molar-refractivity contribution in [2.75, 3.05) is 36.4 Å². The highest BCUT2D eigenvalue weighted by atomic mass is 35.5. The molecule has 1 aliphatic carbocycles. The largest absolute Gasteiger partial charge is 0.339 e. The lowest BCUT2D eigenvalue weighted by Crippen LogP contribution is -2.53. The highest BCUT2D eigenvalue weighted by molar-refractivity contribution is 6.33. The van der Waals surface area contributed by atoms with Crippen LogP contribution < -0.4 is 15.5 Å². The Hall–Kier alpha value is -2.54. The molecule has 1 aromatic carbocycles. The van der Waals surface area contributed by atoms with Crippen molar-refractivity contribution < 1.29 is 4.79 Å². The van der Waals surface area contributed by atoms with Crippen molar-refractivity contribution in [2.45, 2.75) is 31.7 Å². The molecule has 1 aliphatic heterocycles. The molecule has 0 spiro atoms. The van der Waals surface area contributed by atoms with E-state index in [4.69, 9.17) is 11.6 Å². The second kappa shape index (κ2) is 8.65. The predicted molar refractivity (Wildman–Crippen MR) is 111 cm³/mol. The number of benzene rings is 1. The van der Waals surface area contributed by atoms with Gasteiger partial charge in [-0.3, -0.25) is 0 Å². The van der Waals surface area contributed by atoms with Gasteiger partial charge < -0.3 is 20.4 Å². The average Bonchev–Trinajstić information content (AvgIpc) is 3.23. The molecule has 2 amide bonds. The molecule has 28 heavy (non-hydrogen) atoms. The summed E-state index contributed by atoms with van der Waals surface area (Å²) in [6.45, 7) is 2.77. The number of hydrogen-bond acceptors (Lipinski definition) is 5. The quantitative estimate of drug-likeness (QED) is 0.819. The van der Waals surface area contributed by atoms with Crippen LogP contribution in [0.5, 0.6) is 0 Å². The molecule has 2 aromatic rings. The normalized spacial score (nSPS) is 17.6. The van der Waals surface area contributed by atoms with Gasteiger partial charge in [-0.05, 0) is 31.0 Å². The van der Waals surface area contributed by atoms with E-state index in [0.717, 1.165) is 18.5 Å². The van der Waals surface area contributed by atoms with Crippen LogP contribution >= 0.6 is 11.6 Å². The molecule has 0 unspecified atom stereocenters. The summed E-state index contributed by atoms with van der Waals surface area (Å²) in [4.78, 5) is 25.4. The third kappa shape index (κ3) is 4.47. The fraction of sp³-hybridized carbons (Fsp3) is 0.450. The molecule has 148 valence electrons. The van der Waals surface area contributed by atoms with Crippen molar-refractivity contribution in [3.05, 3.63) is 41.6 Å². The fourth-order valence-corrected chi connectivity index (χ4v) is 3.90. The molecule has 1 aromatic heterocycles. The maximum absolute atomic E-state index is 12.4. The van der Waals surface area contributed by atoms with E-state index in [2.05, 4.69) is 25.5 Å². The van der Waals surface area contributed by atoms with Crippen molar-refractivity contribution in [2.24, 2.45) is 0 Å². The number of carbonyl (C=O) groups is 1. The van der Waals surface area contributed by atoms with E-state index in [1.54, 1.807) is 6.20 Å². The molecule has 2 aliphatic rings. The van der Waals surface area contributed by atoms with Gasteiger partial charge >= 0.3 is 6.03 Å². The Balaban J connectivity index is 1.34. The van der Waals surface area contributed by atoms with E-state index in [1.807, 2.05) is 35.2 Å².